The molecule has 20 heavy (non-hydrogen) atoms. The Balaban J connectivity index is 2.03. The molecule has 0 unspecified atom stereocenters. The summed E-state index contributed by atoms with van der Waals surface area (Å²) in [6.45, 7) is 2.55. The largest absolute Gasteiger partial charge is 0.481 e. The Labute approximate surface area is 117 Å². The lowest BCUT2D eigenvalue weighted by atomic mass is 9.99. The zero-order valence-electron chi connectivity index (χ0n) is 10.6. The number of nitrogens with zero attached hydrogens (tertiary/aromatic N) is 4. The normalized spacial score (nSPS) is 22.6. The van der Waals surface area contributed by atoms with E-state index in [2.05, 4.69) is 4.98 Å². The molecule has 0 bridgehead atoms. The van der Waals surface area contributed by atoms with Gasteiger partial charge in [-0.05, 0) is 10.8 Å². The molecular weight excluding hydrogens is 284 g/mol. The molecule has 2 aromatic heterocycles. The van der Waals surface area contributed by atoms with E-state index in [4.69, 9.17) is 5.11 Å². The van der Waals surface area contributed by atoms with E-state index >= 15 is 0 Å². The smallest absolute Gasteiger partial charge is 0.373 e. The van der Waals surface area contributed by atoms with E-state index in [9.17, 15) is 14.9 Å². The molecular formula is C11H12N4O4S. The maximum Gasteiger partial charge on any atom is 0.373 e. The molecule has 9 heteroatoms. The molecule has 0 aromatic carbocycles. The Morgan fingerprint density at radius 3 is 2.95 bits per heavy atom. The number of anilines is 1. The second kappa shape index (κ2) is 4.44. The van der Waals surface area contributed by atoms with Crippen molar-refractivity contribution in [1.29, 1.82) is 0 Å². The van der Waals surface area contributed by atoms with Crippen LogP contribution in [0.15, 0.2) is 11.6 Å². The van der Waals surface area contributed by atoms with E-state index in [0.29, 0.717) is 11.5 Å². The number of aromatic nitrogens is 2. The molecule has 3 heterocycles. The number of thiazole rings is 1. The first-order valence-electron chi connectivity index (χ1n) is 6.06. The van der Waals surface area contributed by atoms with Crippen molar-refractivity contribution in [1.82, 2.24) is 9.38 Å². The molecule has 8 nitrogen and oxygen atoms in total. The third-order valence-corrected chi connectivity index (χ3v) is 4.38. The molecule has 0 saturated carbocycles. The van der Waals surface area contributed by atoms with Crippen LogP contribution in [0.2, 0.25) is 0 Å². The molecule has 2 aromatic rings. The van der Waals surface area contributed by atoms with Gasteiger partial charge >= 0.3 is 11.8 Å². The van der Waals surface area contributed by atoms with Crippen molar-refractivity contribution >= 4 is 33.9 Å². The average molecular weight is 296 g/mol. The van der Waals surface area contributed by atoms with Crippen LogP contribution in [0.5, 0.6) is 0 Å². The predicted octanol–water partition coefficient (Wildman–Crippen LogP) is 1.46. The summed E-state index contributed by atoms with van der Waals surface area (Å²) >= 11 is 1.31. The van der Waals surface area contributed by atoms with Crippen molar-refractivity contribution in [2.24, 2.45) is 11.8 Å². The van der Waals surface area contributed by atoms with E-state index in [-0.39, 0.29) is 24.1 Å². The molecule has 0 amide bonds. The monoisotopic (exact) mass is 296 g/mol. The van der Waals surface area contributed by atoms with Crippen LogP contribution in [0.1, 0.15) is 6.92 Å². The Morgan fingerprint density at radius 2 is 2.35 bits per heavy atom. The maximum absolute atomic E-state index is 11.3. The lowest BCUT2D eigenvalue weighted by molar-refractivity contribution is -0.389. The predicted molar refractivity (Wildman–Crippen MR) is 72.2 cm³/mol. The third-order valence-electron chi connectivity index (χ3n) is 3.62. The number of carboxylic acid groups (broad SMARTS) is 1. The van der Waals surface area contributed by atoms with E-state index in [1.165, 1.54) is 15.7 Å². The summed E-state index contributed by atoms with van der Waals surface area (Å²) in [7, 11) is 0. The molecule has 0 radical (unpaired) electrons. The number of fused-ring (bicyclic) bond motifs is 1. The van der Waals surface area contributed by atoms with Crippen LogP contribution in [-0.4, -0.2) is 38.5 Å². The summed E-state index contributed by atoms with van der Waals surface area (Å²) in [6.07, 6.45) is 1.60. The molecule has 1 fully saturated rings. The average Bonchev–Trinajstić information content (AvgIpc) is 2.99. The van der Waals surface area contributed by atoms with E-state index < -0.39 is 16.8 Å². The van der Waals surface area contributed by atoms with Crippen LogP contribution in [0.25, 0.3) is 4.96 Å². The van der Waals surface area contributed by atoms with Crippen LogP contribution < -0.4 is 4.90 Å². The number of hydrogen-bond acceptors (Lipinski definition) is 6. The Kier molecular flexibility index (Phi) is 2.85. The number of aliphatic carboxylic acids is 1. The standard InChI is InChI=1S/C11H12N4O4S/c1-6-4-13(5-7(6)10(16)17)8-9(15(18)19)14-2-3-20-11(14)12-8/h2-3,6-7H,4-5H2,1H3,(H,16,17)/t6-,7-/m1/s1. The van der Waals surface area contributed by atoms with Crippen LogP contribution in [0.3, 0.4) is 0 Å². The van der Waals surface area contributed by atoms with Gasteiger partial charge in [0.25, 0.3) is 4.96 Å². The lowest BCUT2D eigenvalue weighted by Gasteiger charge is -2.13. The minimum absolute atomic E-state index is 0.0631. The second-order valence-electron chi connectivity index (χ2n) is 4.90. The zero-order valence-corrected chi connectivity index (χ0v) is 11.4. The molecule has 1 aliphatic heterocycles. The Morgan fingerprint density at radius 1 is 1.60 bits per heavy atom. The highest BCUT2D eigenvalue weighted by molar-refractivity contribution is 7.15. The highest BCUT2D eigenvalue weighted by atomic mass is 32.1. The summed E-state index contributed by atoms with van der Waals surface area (Å²) in [5.74, 6) is -1.29. The highest BCUT2D eigenvalue weighted by Gasteiger charge is 2.39. The van der Waals surface area contributed by atoms with E-state index in [0.717, 1.165) is 0 Å². The van der Waals surface area contributed by atoms with Gasteiger partial charge in [-0.1, -0.05) is 18.3 Å². The van der Waals surface area contributed by atoms with Crippen molar-refractivity contribution in [3.63, 3.8) is 0 Å². The van der Waals surface area contributed by atoms with Gasteiger partial charge in [0.15, 0.2) is 0 Å². The van der Waals surface area contributed by atoms with Crippen molar-refractivity contribution in [3.8, 4) is 0 Å². The number of carbonyl (C=O) groups is 1. The van der Waals surface area contributed by atoms with Crippen molar-refractivity contribution in [2.45, 2.75) is 6.92 Å². The molecule has 2 atom stereocenters. The van der Waals surface area contributed by atoms with Crippen molar-refractivity contribution in [3.05, 3.63) is 21.7 Å². The van der Waals surface area contributed by atoms with Gasteiger partial charge in [0.2, 0.25) is 5.82 Å². The maximum atomic E-state index is 11.3. The fraction of sp³-hybridized carbons (Fsp3) is 0.455. The Bertz CT molecular complexity index is 694. The summed E-state index contributed by atoms with van der Waals surface area (Å²) in [6, 6.07) is 0. The second-order valence-corrected chi connectivity index (χ2v) is 5.77. The van der Waals surface area contributed by atoms with E-state index in [1.54, 1.807) is 16.5 Å². The summed E-state index contributed by atoms with van der Waals surface area (Å²) in [5.41, 5.74) is 0. The fourth-order valence-corrected chi connectivity index (χ4v) is 3.31. The number of rotatable bonds is 3. The van der Waals surface area contributed by atoms with Gasteiger partial charge in [-0.25, -0.2) is 0 Å². The van der Waals surface area contributed by atoms with Crippen LogP contribution >= 0.6 is 11.3 Å². The van der Waals surface area contributed by atoms with Crippen molar-refractivity contribution < 1.29 is 14.8 Å². The molecule has 1 aliphatic rings. The summed E-state index contributed by atoms with van der Waals surface area (Å²) in [5, 5.41) is 22.1. The summed E-state index contributed by atoms with van der Waals surface area (Å²) in [4.78, 5) is 28.4. The van der Waals surface area contributed by atoms with Gasteiger partial charge in [-0.2, -0.15) is 9.38 Å². The van der Waals surface area contributed by atoms with Crippen LogP contribution in [0.4, 0.5) is 11.6 Å². The van der Waals surface area contributed by atoms with Gasteiger partial charge in [-0.15, -0.1) is 0 Å². The number of carboxylic acids is 1. The lowest BCUT2D eigenvalue weighted by Crippen LogP contribution is -2.23. The molecule has 0 aliphatic carbocycles. The first kappa shape index (κ1) is 12.9. The topological polar surface area (TPSA) is 101 Å². The van der Waals surface area contributed by atoms with E-state index in [1.807, 2.05) is 6.92 Å². The molecule has 1 N–H and O–H groups in total. The third kappa shape index (κ3) is 1.82. The van der Waals surface area contributed by atoms with Gasteiger partial charge in [0.1, 0.15) is 6.20 Å². The quantitative estimate of drug-likeness (QED) is 0.679. The van der Waals surface area contributed by atoms with Crippen LogP contribution in [-0.2, 0) is 4.79 Å². The molecule has 1 saturated heterocycles. The number of imidazole rings is 1. The zero-order chi connectivity index (χ0) is 14.4. The first-order valence-corrected chi connectivity index (χ1v) is 6.94. The molecule has 106 valence electrons. The SMILES string of the molecule is C[C@@H]1CN(c2nc3sccn3c2[N+](=O)[O-])C[C@H]1C(=O)O. The Hall–Kier alpha value is -2.16. The van der Waals surface area contributed by atoms with Crippen molar-refractivity contribution in [2.75, 3.05) is 18.0 Å². The minimum atomic E-state index is -0.872. The minimum Gasteiger partial charge on any atom is -0.481 e. The van der Waals surface area contributed by atoms with Crippen LogP contribution in [0, 0.1) is 22.0 Å². The number of hydrogen-bond donors (Lipinski definition) is 1. The highest BCUT2D eigenvalue weighted by Crippen LogP contribution is 2.35. The molecule has 0 spiro atoms. The fourth-order valence-electron chi connectivity index (χ4n) is 2.61. The van der Waals surface area contributed by atoms with Gasteiger partial charge < -0.3 is 20.1 Å². The first-order chi connectivity index (χ1) is 9.49. The summed E-state index contributed by atoms with van der Waals surface area (Å²) < 4.78 is 1.43. The van der Waals surface area contributed by atoms with Gasteiger partial charge in [-0.3, -0.25) is 4.79 Å². The van der Waals surface area contributed by atoms with Gasteiger partial charge in [0.05, 0.1) is 5.92 Å². The molecule has 3 rings (SSSR count). The van der Waals surface area contributed by atoms with Gasteiger partial charge in [0, 0.05) is 18.5 Å². The number of nitro groups is 1.